The standard InChI is InChI=1S/C20H21NO5S.C2H6/c1-14(22)15-11-16(20(23)21-9-3-4-10-21)13-18(12-15)26-17-5-7-19(8-6-17)27(2,24)25;1-2/h5-8,11-13H,3-4,9-10H2,1-2H3;1-2H3. The number of carbonyl (C=O) groups excluding carboxylic acids is 2. The molecule has 0 aliphatic carbocycles. The van der Waals surface area contributed by atoms with E-state index in [0.717, 1.165) is 19.1 Å². The molecule has 7 heteroatoms. The van der Waals surface area contributed by atoms with Gasteiger partial charge in [-0.1, -0.05) is 13.8 Å². The second-order valence-electron chi connectivity index (χ2n) is 6.65. The van der Waals surface area contributed by atoms with E-state index in [4.69, 9.17) is 4.74 Å². The van der Waals surface area contributed by atoms with E-state index < -0.39 is 9.84 Å². The lowest BCUT2D eigenvalue weighted by molar-refractivity contribution is 0.0792. The van der Waals surface area contributed by atoms with Crippen molar-refractivity contribution in [2.24, 2.45) is 0 Å². The molecule has 0 spiro atoms. The summed E-state index contributed by atoms with van der Waals surface area (Å²) >= 11 is 0. The smallest absolute Gasteiger partial charge is 0.254 e. The Kier molecular flexibility index (Phi) is 7.56. The van der Waals surface area contributed by atoms with Gasteiger partial charge >= 0.3 is 0 Å². The molecule has 1 heterocycles. The highest BCUT2D eigenvalue weighted by Gasteiger charge is 2.21. The molecule has 1 saturated heterocycles. The molecule has 0 radical (unpaired) electrons. The molecule has 1 aliphatic rings. The van der Waals surface area contributed by atoms with Gasteiger partial charge in [0.05, 0.1) is 4.90 Å². The first kappa shape index (κ1) is 22.6. The maximum atomic E-state index is 12.7. The summed E-state index contributed by atoms with van der Waals surface area (Å²) in [6.07, 6.45) is 3.10. The van der Waals surface area contributed by atoms with Crippen LogP contribution >= 0.6 is 0 Å². The van der Waals surface area contributed by atoms with Gasteiger partial charge in [-0.2, -0.15) is 0 Å². The maximum absolute atomic E-state index is 12.7. The molecule has 0 bridgehead atoms. The third-order valence-electron chi connectivity index (χ3n) is 4.44. The monoisotopic (exact) mass is 417 g/mol. The average molecular weight is 418 g/mol. The molecule has 0 unspecified atom stereocenters. The van der Waals surface area contributed by atoms with Crippen LogP contribution in [0.2, 0.25) is 0 Å². The van der Waals surface area contributed by atoms with Crippen LogP contribution in [0.5, 0.6) is 11.5 Å². The first-order valence-corrected chi connectivity index (χ1v) is 11.6. The number of ether oxygens (including phenoxy) is 1. The molecule has 1 fully saturated rings. The number of rotatable bonds is 5. The minimum atomic E-state index is -3.29. The minimum Gasteiger partial charge on any atom is -0.457 e. The van der Waals surface area contributed by atoms with Crippen molar-refractivity contribution in [2.75, 3.05) is 19.3 Å². The summed E-state index contributed by atoms with van der Waals surface area (Å²) in [6.45, 7) is 6.86. The van der Waals surface area contributed by atoms with Gasteiger partial charge in [0.1, 0.15) is 11.5 Å². The third kappa shape index (κ3) is 5.90. The van der Waals surface area contributed by atoms with Gasteiger partial charge in [0.15, 0.2) is 15.6 Å². The first-order valence-electron chi connectivity index (χ1n) is 9.67. The Morgan fingerprint density at radius 2 is 1.45 bits per heavy atom. The average Bonchev–Trinajstić information content (AvgIpc) is 3.23. The SMILES string of the molecule is CC.CC(=O)c1cc(Oc2ccc(S(C)(=O)=O)cc2)cc(C(=O)N2CCCC2)c1. The Morgan fingerprint density at radius 1 is 0.897 bits per heavy atom. The number of Topliss-reactive ketones (excluding diaryl/α,β-unsaturated/α-hetero) is 1. The van der Waals surface area contributed by atoms with Crippen molar-refractivity contribution in [3.63, 3.8) is 0 Å². The Hall–Kier alpha value is -2.67. The Bertz CT molecular complexity index is 975. The third-order valence-corrected chi connectivity index (χ3v) is 5.57. The van der Waals surface area contributed by atoms with Crippen molar-refractivity contribution in [1.29, 1.82) is 0 Å². The fourth-order valence-electron chi connectivity index (χ4n) is 2.98. The van der Waals surface area contributed by atoms with Gasteiger partial charge in [-0.3, -0.25) is 9.59 Å². The lowest BCUT2D eigenvalue weighted by Crippen LogP contribution is -2.27. The highest BCUT2D eigenvalue weighted by Crippen LogP contribution is 2.26. The molecule has 0 N–H and O–H groups in total. The second-order valence-corrected chi connectivity index (χ2v) is 8.66. The highest BCUT2D eigenvalue weighted by atomic mass is 32.2. The zero-order valence-corrected chi connectivity index (χ0v) is 18.1. The zero-order valence-electron chi connectivity index (χ0n) is 17.3. The summed E-state index contributed by atoms with van der Waals surface area (Å²) in [6, 6.07) is 10.8. The van der Waals surface area contributed by atoms with E-state index in [9.17, 15) is 18.0 Å². The Labute approximate surface area is 172 Å². The number of nitrogens with zero attached hydrogens (tertiary/aromatic N) is 1. The van der Waals surface area contributed by atoms with E-state index in [1.165, 1.54) is 19.1 Å². The normalized spacial score (nSPS) is 13.4. The van der Waals surface area contributed by atoms with E-state index in [1.807, 2.05) is 13.8 Å². The largest absolute Gasteiger partial charge is 0.457 e. The molecular weight excluding hydrogens is 390 g/mol. The van der Waals surface area contributed by atoms with Crippen molar-refractivity contribution >= 4 is 21.5 Å². The highest BCUT2D eigenvalue weighted by molar-refractivity contribution is 7.90. The minimum absolute atomic E-state index is 0.118. The molecule has 3 rings (SSSR count). The Balaban J connectivity index is 0.00000145. The van der Waals surface area contributed by atoms with Crippen molar-refractivity contribution in [2.45, 2.75) is 38.5 Å². The van der Waals surface area contributed by atoms with Crippen LogP contribution < -0.4 is 4.74 Å². The van der Waals surface area contributed by atoms with Crippen LogP contribution in [0.1, 0.15) is 54.3 Å². The molecule has 2 aromatic carbocycles. The van der Waals surface area contributed by atoms with Gasteiger partial charge in [-0.25, -0.2) is 8.42 Å². The van der Waals surface area contributed by atoms with Gasteiger partial charge in [-0.15, -0.1) is 0 Å². The molecular formula is C22H27NO5S. The molecule has 29 heavy (non-hydrogen) atoms. The fraction of sp³-hybridized carbons (Fsp3) is 0.364. The van der Waals surface area contributed by atoms with Crippen LogP contribution in [0.3, 0.4) is 0 Å². The Morgan fingerprint density at radius 3 is 1.97 bits per heavy atom. The summed E-state index contributed by atoms with van der Waals surface area (Å²) in [7, 11) is -3.29. The van der Waals surface area contributed by atoms with E-state index in [1.54, 1.807) is 35.2 Å². The molecule has 6 nitrogen and oxygen atoms in total. The number of hydrogen-bond donors (Lipinski definition) is 0. The summed E-state index contributed by atoms with van der Waals surface area (Å²) in [5.41, 5.74) is 0.801. The molecule has 1 aliphatic heterocycles. The maximum Gasteiger partial charge on any atom is 0.254 e. The van der Waals surface area contributed by atoms with Gasteiger partial charge in [0, 0.05) is 30.5 Å². The molecule has 2 aromatic rings. The number of hydrogen-bond acceptors (Lipinski definition) is 5. The van der Waals surface area contributed by atoms with Crippen molar-refractivity contribution in [1.82, 2.24) is 4.90 Å². The number of ketones is 1. The van der Waals surface area contributed by atoms with E-state index in [0.29, 0.717) is 35.7 Å². The lowest BCUT2D eigenvalue weighted by Gasteiger charge is -2.16. The number of likely N-dealkylation sites (tertiary alicyclic amines) is 1. The summed E-state index contributed by atoms with van der Waals surface area (Å²) in [5, 5.41) is 0. The summed E-state index contributed by atoms with van der Waals surface area (Å²) in [5.74, 6) is 0.497. The van der Waals surface area contributed by atoms with Crippen LogP contribution in [0.15, 0.2) is 47.4 Å². The van der Waals surface area contributed by atoms with Crippen LogP contribution in [0.4, 0.5) is 0 Å². The predicted molar refractivity (Wildman–Crippen MR) is 113 cm³/mol. The molecule has 0 saturated carbocycles. The van der Waals surface area contributed by atoms with Crippen LogP contribution in [-0.2, 0) is 9.84 Å². The van der Waals surface area contributed by atoms with Gasteiger partial charge in [-0.05, 0) is 62.2 Å². The fourth-order valence-corrected chi connectivity index (χ4v) is 3.61. The summed E-state index contributed by atoms with van der Waals surface area (Å²) in [4.78, 5) is 26.5. The topological polar surface area (TPSA) is 80.8 Å². The van der Waals surface area contributed by atoms with E-state index in [2.05, 4.69) is 0 Å². The van der Waals surface area contributed by atoms with Gasteiger partial charge < -0.3 is 9.64 Å². The molecule has 1 amide bonds. The van der Waals surface area contributed by atoms with Crippen LogP contribution in [-0.4, -0.2) is 44.4 Å². The van der Waals surface area contributed by atoms with Crippen LogP contribution in [0.25, 0.3) is 0 Å². The number of amides is 1. The zero-order chi connectivity index (χ0) is 21.6. The number of sulfone groups is 1. The molecule has 0 atom stereocenters. The first-order chi connectivity index (χ1) is 13.7. The van der Waals surface area contributed by atoms with E-state index in [-0.39, 0.29) is 16.6 Å². The number of carbonyl (C=O) groups is 2. The second kappa shape index (κ2) is 9.69. The van der Waals surface area contributed by atoms with Gasteiger partial charge in [0.2, 0.25) is 0 Å². The predicted octanol–water partition coefficient (Wildman–Crippen LogP) is 4.35. The quantitative estimate of drug-likeness (QED) is 0.676. The lowest BCUT2D eigenvalue weighted by atomic mass is 10.1. The molecule has 156 valence electrons. The van der Waals surface area contributed by atoms with Crippen LogP contribution in [0, 0.1) is 0 Å². The molecule has 0 aromatic heterocycles. The number of benzene rings is 2. The van der Waals surface area contributed by atoms with Crippen molar-refractivity contribution in [3.8, 4) is 11.5 Å². The van der Waals surface area contributed by atoms with Gasteiger partial charge in [0.25, 0.3) is 5.91 Å². The van der Waals surface area contributed by atoms with E-state index >= 15 is 0 Å². The summed E-state index contributed by atoms with van der Waals surface area (Å²) < 4.78 is 28.9. The van der Waals surface area contributed by atoms with Crippen molar-refractivity contribution in [3.05, 3.63) is 53.6 Å². The van der Waals surface area contributed by atoms with Crippen molar-refractivity contribution < 1.29 is 22.7 Å².